The number of phenolic OH excluding ortho intramolecular Hbond substituents is 1. The molecule has 0 radical (unpaired) electrons. The smallest absolute Gasteiger partial charge is 0.127 e. The molecular weight excluding hydrogens is 318 g/mol. The van der Waals surface area contributed by atoms with Crippen LogP contribution in [0.1, 0.15) is 30.1 Å². The lowest BCUT2D eigenvalue weighted by atomic mass is 10.0. The zero-order valence-corrected chi connectivity index (χ0v) is 12.7. The van der Waals surface area contributed by atoms with Crippen molar-refractivity contribution in [1.29, 1.82) is 0 Å². The maximum Gasteiger partial charge on any atom is 0.127 e. The SMILES string of the molecule is C[C@@H](NC1COc2cc(O)ccc21)c1cccc(Br)c1. The number of rotatable bonds is 3. The third kappa shape index (κ3) is 2.67. The second kappa shape index (κ2) is 5.46. The minimum atomic E-state index is 0.152. The van der Waals surface area contributed by atoms with Crippen LogP contribution in [0.4, 0.5) is 0 Å². The van der Waals surface area contributed by atoms with E-state index in [4.69, 9.17) is 4.74 Å². The van der Waals surface area contributed by atoms with E-state index in [2.05, 4.69) is 40.3 Å². The summed E-state index contributed by atoms with van der Waals surface area (Å²) < 4.78 is 6.70. The van der Waals surface area contributed by atoms with Crippen LogP contribution in [0.25, 0.3) is 0 Å². The Kier molecular flexibility index (Phi) is 3.68. The molecule has 3 rings (SSSR count). The third-order valence-corrected chi connectivity index (χ3v) is 4.07. The van der Waals surface area contributed by atoms with Gasteiger partial charge in [0.2, 0.25) is 0 Å². The molecule has 104 valence electrons. The van der Waals surface area contributed by atoms with Crippen LogP contribution >= 0.6 is 15.9 Å². The number of aromatic hydroxyl groups is 1. The molecule has 2 atom stereocenters. The van der Waals surface area contributed by atoms with Gasteiger partial charge in [-0.15, -0.1) is 0 Å². The van der Waals surface area contributed by atoms with Crippen molar-refractivity contribution in [3.8, 4) is 11.5 Å². The van der Waals surface area contributed by atoms with Crippen LogP contribution in [0.2, 0.25) is 0 Å². The number of fused-ring (bicyclic) bond motifs is 1. The molecule has 1 aliphatic heterocycles. The lowest BCUT2D eigenvalue weighted by Gasteiger charge is -2.19. The van der Waals surface area contributed by atoms with E-state index in [1.165, 1.54) is 5.56 Å². The molecule has 0 fully saturated rings. The van der Waals surface area contributed by atoms with E-state index in [1.54, 1.807) is 12.1 Å². The fourth-order valence-corrected chi connectivity index (χ4v) is 2.93. The van der Waals surface area contributed by atoms with Crippen molar-refractivity contribution in [2.24, 2.45) is 0 Å². The van der Waals surface area contributed by atoms with Crippen molar-refractivity contribution in [1.82, 2.24) is 5.32 Å². The van der Waals surface area contributed by atoms with Crippen LogP contribution in [0.5, 0.6) is 11.5 Å². The number of ether oxygens (including phenoxy) is 1. The van der Waals surface area contributed by atoms with E-state index in [1.807, 2.05) is 18.2 Å². The zero-order chi connectivity index (χ0) is 14.1. The minimum absolute atomic E-state index is 0.152. The molecule has 3 nitrogen and oxygen atoms in total. The number of hydrogen-bond donors (Lipinski definition) is 2. The topological polar surface area (TPSA) is 41.5 Å². The van der Waals surface area contributed by atoms with Crippen molar-refractivity contribution in [3.05, 3.63) is 58.1 Å². The number of nitrogens with one attached hydrogen (secondary N) is 1. The van der Waals surface area contributed by atoms with Crippen LogP contribution in [0, 0.1) is 0 Å². The summed E-state index contributed by atoms with van der Waals surface area (Å²) in [6.45, 7) is 2.73. The highest BCUT2D eigenvalue weighted by molar-refractivity contribution is 9.10. The first kappa shape index (κ1) is 13.5. The molecule has 2 aromatic carbocycles. The van der Waals surface area contributed by atoms with Gasteiger partial charge in [-0.1, -0.05) is 28.1 Å². The van der Waals surface area contributed by atoms with Gasteiger partial charge in [0.05, 0.1) is 6.04 Å². The molecule has 0 saturated carbocycles. The normalized spacial score (nSPS) is 18.4. The number of phenols is 1. The summed E-state index contributed by atoms with van der Waals surface area (Å²) >= 11 is 3.50. The summed E-state index contributed by atoms with van der Waals surface area (Å²) in [5, 5.41) is 13.0. The van der Waals surface area contributed by atoms with E-state index in [-0.39, 0.29) is 17.8 Å². The summed E-state index contributed by atoms with van der Waals surface area (Å²) in [6.07, 6.45) is 0. The number of benzene rings is 2. The van der Waals surface area contributed by atoms with E-state index < -0.39 is 0 Å². The quantitative estimate of drug-likeness (QED) is 0.893. The average molecular weight is 334 g/mol. The number of halogens is 1. The second-order valence-corrected chi connectivity index (χ2v) is 5.94. The van der Waals surface area contributed by atoms with Crippen LogP contribution < -0.4 is 10.1 Å². The molecule has 0 bridgehead atoms. The van der Waals surface area contributed by atoms with E-state index in [0.29, 0.717) is 6.61 Å². The van der Waals surface area contributed by atoms with Gasteiger partial charge >= 0.3 is 0 Å². The highest BCUT2D eigenvalue weighted by Gasteiger charge is 2.25. The Morgan fingerprint density at radius 2 is 2.15 bits per heavy atom. The molecule has 0 amide bonds. The number of hydrogen-bond acceptors (Lipinski definition) is 3. The third-order valence-electron chi connectivity index (χ3n) is 3.58. The molecule has 0 saturated heterocycles. The van der Waals surface area contributed by atoms with Crippen molar-refractivity contribution in [2.75, 3.05) is 6.61 Å². The molecule has 0 aliphatic carbocycles. The highest BCUT2D eigenvalue weighted by Crippen LogP contribution is 2.36. The van der Waals surface area contributed by atoms with Crippen molar-refractivity contribution < 1.29 is 9.84 Å². The van der Waals surface area contributed by atoms with Gasteiger partial charge in [-0.25, -0.2) is 0 Å². The second-order valence-electron chi connectivity index (χ2n) is 5.03. The summed E-state index contributed by atoms with van der Waals surface area (Å²) in [5.41, 5.74) is 2.33. The standard InChI is InChI=1S/C16H16BrNO2/c1-10(11-3-2-4-12(17)7-11)18-15-9-20-16-8-13(19)5-6-14(15)16/h2-8,10,15,18-19H,9H2,1H3/t10-,15?/m1/s1. The summed E-state index contributed by atoms with van der Waals surface area (Å²) in [6, 6.07) is 13.9. The van der Waals surface area contributed by atoms with Crippen molar-refractivity contribution in [2.45, 2.75) is 19.0 Å². The summed E-state index contributed by atoms with van der Waals surface area (Å²) in [7, 11) is 0. The Balaban J connectivity index is 1.77. The largest absolute Gasteiger partial charge is 0.508 e. The van der Waals surface area contributed by atoms with Crippen LogP contribution in [-0.2, 0) is 0 Å². The Morgan fingerprint density at radius 3 is 2.95 bits per heavy atom. The molecule has 2 aromatic rings. The Hall–Kier alpha value is -1.52. The molecule has 20 heavy (non-hydrogen) atoms. The zero-order valence-electron chi connectivity index (χ0n) is 11.1. The van der Waals surface area contributed by atoms with Crippen LogP contribution in [0.15, 0.2) is 46.9 Å². The summed E-state index contributed by atoms with van der Waals surface area (Å²) in [4.78, 5) is 0. The van der Waals surface area contributed by atoms with Crippen molar-refractivity contribution >= 4 is 15.9 Å². The van der Waals surface area contributed by atoms with Gasteiger partial charge in [-0.3, -0.25) is 0 Å². The fraction of sp³-hybridized carbons (Fsp3) is 0.250. The average Bonchev–Trinajstić information content (AvgIpc) is 2.81. The minimum Gasteiger partial charge on any atom is -0.508 e. The van der Waals surface area contributed by atoms with Gasteiger partial charge in [-0.05, 0) is 36.8 Å². The first-order valence-corrected chi connectivity index (χ1v) is 7.40. The molecule has 1 aliphatic rings. The van der Waals surface area contributed by atoms with Crippen LogP contribution in [-0.4, -0.2) is 11.7 Å². The highest BCUT2D eigenvalue weighted by atomic mass is 79.9. The fourth-order valence-electron chi connectivity index (χ4n) is 2.51. The van der Waals surface area contributed by atoms with E-state index >= 15 is 0 Å². The molecule has 1 unspecified atom stereocenters. The van der Waals surface area contributed by atoms with E-state index in [0.717, 1.165) is 15.8 Å². The maximum atomic E-state index is 9.47. The lowest BCUT2D eigenvalue weighted by molar-refractivity contribution is 0.300. The van der Waals surface area contributed by atoms with Crippen molar-refractivity contribution in [3.63, 3.8) is 0 Å². The molecule has 0 aromatic heterocycles. The summed E-state index contributed by atoms with van der Waals surface area (Å²) in [5.74, 6) is 1.01. The van der Waals surface area contributed by atoms with Gasteiger partial charge in [0, 0.05) is 22.1 Å². The Morgan fingerprint density at radius 1 is 1.30 bits per heavy atom. The molecular formula is C16H16BrNO2. The first-order valence-electron chi connectivity index (χ1n) is 6.61. The Labute approximate surface area is 126 Å². The Bertz CT molecular complexity index is 630. The first-order chi connectivity index (χ1) is 9.63. The van der Waals surface area contributed by atoms with Gasteiger partial charge in [0.15, 0.2) is 0 Å². The predicted octanol–water partition coefficient (Wildman–Crippen LogP) is 3.94. The lowest BCUT2D eigenvalue weighted by Crippen LogP contribution is -2.25. The predicted molar refractivity (Wildman–Crippen MR) is 82.0 cm³/mol. The van der Waals surface area contributed by atoms with Gasteiger partial charge in [0.1, 0.15) is 18.1 Å². The molecule has 2 N–H and O–H groups in total. The van der Waals surface area contributed by atoms with Gasteiger partial charge in [0.25, 0.3) is 0 Å². The maximum absolute atomic E-state index is 9.47. The monoisotopic (exact) mass is 333 g/mol. The molecule has 4 heteroatoms. The van der Waals surface area contributed by atoms with E-state index in [9.17, 15) is 5.11 Å². The van der Waals surface area contributed by atoms with Gasteiger partial charge in [-0.2, -0.15) is 0 Å². The molecule has 0 spiro atoms. The molecule has 1 heterocycles. The van der Waals surface area contributed by atoms with Crippen LogP contribution in [0.3, 0.4) is 0 Å². The van der Waals surface area contributed by atoms with Gasteiger partial charge < -0.3 is 15.2 Å².